The van der Waals surface area contributed by atoms with Gasteiger partial charge in [-0.15, -0.1) is 12.4 Å². The number of rotatable bonds is 21. The average Bonchev–Trinajstić information content (AvgIpc) is 3.36. The van der Waals surface area contributed by atoms with Gasteiger partial charge in [-0.2, -0.15) is 26.3 Å². The maximum Gasteiger partial charge on any atom is 0.416 e. The van der Waals surface area contributed by atoms with E-state index in [1.807, 2.05) is 58.3 Å². The van der Waals surface area contributed by atoms with Crippen LogP contribution in [0.25, 0.3) is 0 Å². The van der Waals surface area contributed by atoms with Crippen molar-refractivity contribution in [3.05, 3.63) is 96.1 Å². The van der Waals surface area contributed by atoms with Gasteiger partial charge in [0.05, 0.1) is 40.5 Å². The minimum Gasteiger partial charge on any atom is -0.464 e. The number of carbonyl (C=O) groups is 1. The second-order valence-corrected chi connectivity index (χ2v) is 20.9. The largest absolute Gasteiger partial charge is 0.464 e. The topological polar surface area (TPSA) is 66.0 Å². The predicted molar refractivity (Wildman–Crippen MR) is 281 cm³/mol. The molecule has 0 saturated carbocycles. The molecule has 9 nitrogen and oxygen atoms in total. The zero-order chi connectivity index (χ0) is 50.2. The van der Waals surface area contributed by atoms with Crippen LogP contribution in [0.2, 0.25) is 0 Å². The number of aliphatic hydroxyl groups is 1. The molecular formula is C54H71ClF6N6O3S2. The van der Waals surface area contributed by atoms with Gasteiger partial charge >= 0.3 is 18.3 Å². The molecule has 0 aromatic heterocycles. The van der Waals surface area contributed by atoms with Crippen LogP contribution in [0, 0.1) is 0 Å². The molecule has 4 aromatic carbocycles. The number of hydrogen-bond acceptors (Lipinski definition) is 11. The van der Waals surface area contributed by atoms with Crippen molar-refractivity contribution in [2.75, 3.05) is 115 Å². The van der Waals surface area contributed by atoms with Crippen LogP contribution in [0.4, 0.5) is 49.1 Å². The third-order valence-electron chi connectivity index (χ3n) is 13.6. The molecule has 0 bridgehead atoms. The number of esters is 1. The van der Waals surface area contributed by atoms with Gasteiger partial charge in [0.25, 0.3) is 0 Å². The molecule has 0 aliphatic carbocycles. The van der Waals surface area contributed by atoms with Crippen LogP contribution in [-0.4, -0.2) is 136 Å². The number of ether oxygens (including phenoxy) is 1. The van der Waals surface area contributed by atoms with Gasteiger partial charge < -0.3 is 29.4 Å². The second-order valence-electron chi connectivity index (χ2n) is 18.7. The van der Waals surface area contributed by atoms with E-state index in [1.165, 1.54) is 79.9 Å². The Morgan fingerprint density at radius 3 is 1.36 bits per heavy atom. The fraction of sp³-hybridized carbons (Fsp3) is 0.537. The third kappa shape index (κ3) is 16.7. The Labute approximate surface area is 437 Å². The van der Waals surface area contributed by atoms with Gasteiger partial charge in [0.1, 0.15) is 6.61 Å². The van der Waals surface area contributed by atoms with Gasteiger partial charge in [-0.3, -0.25) is 14.6 Å². The summed E-state index contributed by atoms with van der Waals surface area (Å²) in [5.41, 5.74) is 2.00. The van der Waals surface area contributed by atoms with Gasteiger partial charge in [-0.05, 0) is 93.0 Å². The van der Waals surface area contributed by atoms with Crippen LogP contribution >= 0.6 is 35.9 Å². The maximum atomic E-state index is 13.5. The minimum atomic E-state index is -4.37. The smallest absolute Gasteiger partial charge is 0.416 e. The van der Waals surface area contributed by atoms with Crippen LogP contribution in [0.3, 0.4) is 0 Å². The summed E-state index contributed by atoms with van der Waals surface area (Å²) in [4.78, 5) is 29.4. The summed E-state index contributed by atoms with van der Waals surface area (Å²) >= 11 is 3.05. The number of hydrogen-bond donors (Lipinski definition) is 1. The first-order valence-electron chi connectivity index (χ1n) is 25.5. The number of aliphatic hydroxyl groups excluding tert-OH is 1. The lowest BCUT2D eigenvalue weighted by molar-refractivity contribution is -0.144. The first-order chi connectivity index (χ1) is 34.3. The maximum absolute atomic E-state index is 13.5. The average molecular weight is 1070 g/mol. The minimum absolute atomic E-state index is 0. The van der Waals surface area contributed by atoms with Crippen LogP contribution in [0.15, 0.2) is 105 Å². The fourth-order valence-electron chi connectivity index (χ4n) is 9.60. The van der Waals surface area contributed by atoms with E-state index in [9.17, 15) is 31.1 Å². The molecule has 4 aliphatic heterocycles. The molecular weight excluding hydrogens is 994 g/mol. The molecule has 4 aromatic rings. The van der Waals surface area contributed by atoms with E-state index in [2.05, 4.69) is 26.5 Å². The highest BCUT2D eigenvalue weighted by atomic mass is 35.5. The van der Waals surface area contributed by atoms with Crippen LogP contribution in [0.1, 0.15) is 82.3 Å². The Balaban J connectivity index is 0.000000243. The number of alkyl halides is 6. The summed E-state index contributed by atoms with van der Waals surface area (Å²) in [6.07, 6.45) is 1.85. The van der Waals surface area contributed by atoms with E-state index < -0.39 is 23.5 Å². The number of halogens is 7. The first-order valence-corrected chi connectivity index (χ1v) is 27.1. The number of piperazine rings is 2. The lowest BCUT2D eigenvalue weighted by Crippen LogP contribution is -2.47. The molecule has 0 spiro atoms. The van der Waals surface area contributed by atoms with E-state index in [0.29, 0.717) is 44.0 Å². The van der Waals surface area contributed by atoms with E-state index in [0.717, 1.165) is 129 Å². The number of benzene rings is 4. The molecule has 0 radical (unpaired) electrons. The Hall–Kier alpha value is -3.68. The Bertz CT molecular complexity index is 2300. The highest BCUT2D eigenvalue weighted by Crippen LogP contribution is 2.51. The number of unbranched alkanes of at least 4 members (excludes halogenated alkanes) is 6. The van der Waals surface area contributed by atoms with E-state index in [1.54, 1.807) is 12.1 Å². The summed E-state index contributed by atoms with van der Waals surface area (Å²) in [7, 11) is 0. The number of fused-ring (bicyclic) bond motifs is 4. The predicted octanol–water partition coefficient (Wildman–Crippen LogP) is 12.7. The summed E-state index contributed by atoms with van der Waals surface area (Å²) in [5, 5.41) is 9.07. The lowest BCUT2D eigenvalue weighted by atomic mass is 10.1. The quantitative estimate of drug-likeness (QED) is 0.0493. The molecule has 8 rings (SSSR count). The molecule has 18 heteroatoms. The molecule has 1 N–H and O–H groups in total. The van der Waals surface area contributed by atoms with Crippen molar-refractivity contribution in [1.82, 2.24) is 19.6 Å². The normalized spacial score (nSPS) is 16.4. The number of para-hydroxylation sites is 2. The number of anilines is 4. The SMILES string of the molecule is CCCCCCCCCC(=O)OCCN1CCN(CCCN2c3ccccc3Sc3ccc(C(F)(F)F)cc32)CC1.Cl.OCCN1CCN(CCCN2c3ccccc3Sc3ccc(C(F)(F)F)cc32)CC1. The number of β-amino-alcohol motifs (C(OH)–C–C–N with tert-alkyl or cyclic N) is 1. The third-order valence-corrected chi connectivity index (χ3v) is 15.9. The van der Waals surface area contributed by atoms with Crippen molar-refractivity contribution in [2.45, 2.75) is 103 Å². The van der Waals surface area contributed by atoms with Crippen molar-refractivity contribution in [3.8, 4) is 0 Å². The molecule has 0 unspecified atom stereocenters. The van der Waals surface area contributed by atoms with Crippen LogP contribution < -0.4 is 9.80 Å². The highest BCUT2D eigenvalue weighted by molar-refractivity contribution is 8.00. The summed E-state index contributed by atoms with van der Waals surface area (Å²) < 4.78 is 85.8. The van der Waals surface area contributed by atoms with Gasteiger partial charge in [0, 0.05) is 105 Å². The van der Waals surface area contributed by atoms with Crippen LogP contribution in [-0.2, 0) is 21.9 Å². The van der Waals surface area contributed by atoms with Crippen molar-refractivity contribution in [2.24, 2.45) is 0 Å². The highest BCUT2D eigenvalue weighted by Gasteiger charge is 2.35. The summed E-state index contributed by atoms with van der Waals surface area (Å²) in [6, 6.07) is 23.9. The van der Waals surface area contributed by atoms with Crippen LogP contribution in [0.5, 0.6) is 0 Å². The standard InChI is InChI=1S/C32H44F3N3O2S.C22H26F3N3OS.ClH/c1-2-3-4-5-6-7-8-14-31(39)40-24-23-37-21-19-36(20-22-37)17-11-18-38-27-12-9-10-13-29(27)41-30-16-15-26(25-28(30)38)32(33,34)35;23-22(24,25)17-6-7-21-19(16-17)28(18-4-1-2-5-20(18)30-21)9-3-8-26-10-12-27(13-11-26)14-15-29;/h9-10,12-13,15-16,25H,2-8,11,14,17-24H2,1H3;1-2,4-7,16,29H,3,8-15H2;1H. The Morgan fingerprint density at radius 1 is 0.514 bits per heavy atom. The van der Waals surface area contributed by atoms with E-state index >= 15 is 0 Å². The van der Waals surface area contributed by atoms with Gasteiger partial charge in [-0.1, -0.05) is 93.2 Å². The molecule has 0 atom stereocenters. The summed E-state index contributed by atoms with van der Waals surface area (Å²) in [5.74, 6) is -0.0844. The Morgan fingerprint density at radius 2 is 0.917 bits per heavy atom. The summed E-state index contributed by atoms with van der Waals surface area (Å²) in [6.45, 7) is 15.0. The zero-order valence-electron chi connectivity index (χ0n) is 41.4. The van der Waals surface area contributed by atoms with Crippen molar-refractivity contribution in [1.29, 1.82) is 0 Å². The monoisotopic (exact) mass is 1060 g/mol. The molecule has 4 aliphatic rings. The zero-order valence-corrected chi connectivity index (χ0v) is 43.9. The van der Waals surface area contributed by atoms with E-state index in [4.69, 9.17) is 9.84 Å². The molecule has 4 heterocycles. The van der Waals surface area contributed by atoms with E-state index in [-0.39, 0.29) is 25.0 Å². The van der Waals surface area contributed by atoms with Gasteiger partial charge in [-0.25, -0.2) is 0 Å². The Kier molecular flexibility index (Phi) is 22.6. The number of nitrogens with zero attached hydrogens (tertiary/aromatic N) is 6. The fourth-order valence-corrected chi connectivity index (χ4v) is 11.8. The first kappa shape index (κ1) is 57.6. The number of carbonyl (C=O) groups excluding carboxylic acids is 1. The van der Waals surface area contributed by atoms with Crippen molar-refractivity contribution in [3.63, 3.8) is 0 Å². The lowest BCUT2D eigenvalue weighted by Gasteiger charge is -2.36. The van der Waals surface area contributed by atoms with Crippen molar-refractivity contribution < 1.29 is 41.0 Å². The van der Waals surface area contributed by atoms with Crippen molar-refractivity contribution >= 4 is 64.6 Å². The second kappa shape index (κ2) is 28.3. The molecule has 2 fully saturated rings. The molecule has 0 amide bonds. The molecule has 396 valence electrons. The van der Waals surface area contributed by atoms with Gasteiger partial charge in [0.15, 0.2) is 0 Å². The van der Waals surface area contributed by atoms with Gasteiger partial charge in [0.2, 0.25) is 0 Å². The molecule has 72 heavy (non-hydrogen) atoms. The molecule has 2 saturated heterocycles.